The zero-order valence-corrected chi connectivity index (χ0v) is 17.2. The summed E-state index contributed by atoms with van der Waals surface area (Å²) in [6, 6.07) is 0. The van der Waals surface area contributed by atoms with Crippen LogP contribution in [0.25, 0.3) is 0 Å². The van der Waals surface area contributed by atoms with Gasteiger partial charge in [-0.05, 0) is 32.6 Å². The summed E-state index contributed by atoms with van der Waals surface area (Å²) in [6.45, 7) is 20.7. The standard InChI is InChI=1S/C19H42N4O/c1-7-12-13-20(6)19(24)18-23(16-14-21(8-2)9-3)17-15-22(10-4)11-5/h7-18H2,1-6H3. The highest BCUT2D eigenvalue weighted by Gasteiger charge is 2.15. The molecule has 0 aliphatic heterocycles. The van der Waals surface area contributed by atoms with Crippen LogP contribution in [-0.2, 0) is 4.79 Å². The number of carbonyl (C=O) groups excluding carboxylic acids is 1. The number of hydrogen-bond acceptors (Lipinski definition) is 4. The molecule has 0 aromatic rings. The molecule has 144 valence electrons. The summed E-state index contributed by atoms with van der Waals surface area (Å²) in [7, 11) is 1.94. The molecule has 0 aromatic carbocycles. The van der Waals surface area contributed by atoms with Gasteiger partial charge in [0.2, 0.25) is 5.91 Å². The summed E-state index contributed by atoms with van der Waals surface area (Å²) < 4.78 is 0. The average molecular weight is 343 g/mol. The molecule has 0 unspecified atom stereocenters. The summed E-state index contributed by atoms with van der Waals surface area (Å²) in [5.41, 5.74) is 0. The van der Waals surface area contributed by atoms with Crippen LogP contribution in [0.1, 0.15) is 47.5 Å². The molecule has 0 aliphatic carbocycles. The second kappa shape index (κ2) is 14.7. The second-order valence-corrected chi connectivity index (χ2v) is 6.50. The van der Waals surface area contributed by atoms with Crippen LogP contribution in [0.5, 0.6) is 0 Å². The van der Waals surface area contributed by atoms with Crippen molar-refractivity contribution in [2.24, 2.45) is 0 Å². The quantitative estimate of drug-likeness (QED) is 0.456. The Kier molecular flexibility index (Phi) is 14.3. The summed E-state index contributed by atoms with van der Waals surface area (Å²) in [5.74, 6) is 0.252. The lowest BCUT2D eigenvalue weighted by Crippen LogP contribution is -2.45. The Hall–Kier alpha value is -0.650. The monoisotopic (exact) mass is 342 g/mol. The second-order valence-electron chi connectivity index (χ2n) is 6.50. The van der Waals surface area contributed by atoms with Gasteiger partial charge < -0.3 is 14.7 Å². The third-order valence-corrected chi connectivity index (χ3v) is 4.89. The van der Waals surface area contributed by atoms with Crippen LogP contribution in [0.3, 0.4) is 0 Å². The minimum atomic E-state index is 0.252. The van der Waals surface area contributed by atoms with E-state index in [9.17, 15) is 4.79 Å². The fourth-order valence-electron chi connectivity index (χ4n) is 2.75. The minimum Gasteiger partial charge on any atom is -0.345 e. The molecule has 24 heavy (non-hydrogen) atoms. The molecule has 0 saturated heterocycles. The van der Waals surface area contributed by atoms with Crippen molar-refractivity contribution in [3.63, 3.8) is 0 Å². The lowest BCUT2D eigenvalue weighted by molar-refractivity contribution is -0.131. The fourth-order valence-corrected chi connectivity index (χ4v) is 2.75. The van der Waals surface area contributed by atoms with Crippen molar-refractivity contribution in [3.05, 3.63) is 0 Å². The number of amides is 1. The smallest absolute Gasteiger partial charge is 0.236 e. The SMILES string of the molecule is CCCCN(C)C(=O)CN(CCN(CC)CC)CCN(CC)CC. The van der Waals surface area contributed by atoms with Gasteiger partial charge in [0.15, 0.2) is 0 Å². The van der Waals surface area contributed by atoms with E-state index in [4.69, 9.17) is 0 Å². The number of unbranched alkanes of at least 4 members (excludes halogenated alkanes) is 1. The van der Waals surface area contributed by atoms with E-state index in [1.807, 2.05) is 11.9 Å². The molecule has 0 N–H and O–H groups in total. The van der Waals surface area contributed by atoms with E-state index in [0.29, 0.717) is 6.54 Å². The Morgan fingerprint density at radius 2 is 1.08 bits per heavy atom. The zero-order valence-electron chi connectivity index (χ0n) is 17.2. The minimum absolute atomic E-state index is 0.252. The third-order valence-electron chi connectivity index (χ3n) is 4.89. The molecule has 0 radical (unpaired) electrons. The molecule has 0 saturated carbocycles. The normalized spacial score (nSPS) is 11.7. The van der Waals surface area contributed by atoms with Crippen molar-refractivity contribution in [2.45, 2.75) is 47.5 Å². The van der Waals surface area contributed by atoms with Gasteiger partial charge in [0, 0.05) is 39.8 Å². The Morgan fingerprint density at radius 1 is 0.667 bits per heavy atom. The molecule has 1 amide bonds. The van der Waals surface area contributed by atoms with Crippen LogP contribution in [0, 0.1) is 0 Å². The first-order valence-corrected chi connectivity index (χ1v) is 9.93. The maximum Gasteiger partial charge on any atom is 0.236 e. The molecule has 0 fully saturated rings. The molecule has 0 atom stereocenters. The van der Waals surface area contributed by atoms with Crippen molar-refractivity contribution in [3.8, 4) is 0 Å². The lowest BCUT2D eigenvalue weighted by atomic mass is 10.3. The van der Waals surface area contributed by atoms with E-state index in [0.717, 1.165) is 71.7 Å². The number of rotatable bonds is 15. The molecule has 0 spiro atoms. The summed E-state index contributed by atoms with van der Waals surface area (Å²) in [5, 5.41) is 0. The van der Waals surface area contributed by atoms with Crippen molar-refractivity contribution < 1.29 is 4.79 Å². The van der Waals surface area contributed by atoms with Crippen LogP contribution in [0.2, 0.25) is 0 Å². The van der Waals surface area contributed by atoms with Gasteiger partial charge in [-0.2, -0.15) is 0 Å². The maximum atomic E-state index is 12.5. The highest BCUT2D eigenvalue weighted by atomic mass is 16.2. The highest BCUT2D eigenvalue weighted by molar-refractivity contribution is 5.77. The Labute approximate surface area is 151 Å². The molecule has 0 aliphatic rings. The van der Waals surface area contributed by atoms with E-state index >= 15 is 0 Å². The van der Waals surface area contributed by atoms with E-state index < -0.39 is 0 Å². The summed E-state index contributed by atoms with van der Waals surface area (Å²) >= 11 is 0. The van der Waals surface area contributed by atoms with E-state index in [2.05, 4.69) is 49.3 Å². The highest BCUT2D eigenvalue weighted by Crippen LogP contribution is 1.99. The number of nitrogens with zero attached hydrogens (tertiary/aromatic N) is 4. The van der Waals surface area contributed by atoms with Gasteiger partial charge in [-0.1, -0.05) is 41.0 Å². The third kappa shape index (κ3) is 10.3. The molecule has 0 rings (SSSR count). The maximum absolute atomic E-state index is 12.5. The number of carbonyl (C=O) groups is 1. The van der Waals surface area contributed by atoms with E-state index in [-0.39, 0.29) is 5.91 Å². The zero-order chi connectivity index (χ0) is 18.4. The van der Waals surface area contributed by atoms with Crippen LogP contribution in [0.4, 0.5) is 0 Å². The van der Waals surface area contributed by atoms with Gasteiger partial charge in [0.05, 0.1) is 6.54 Å². The van der Waals surface area contributed by atoms with Gasteiger partial charge in [0.1, 0.15) is 0 Å². The topological polar surface area (TPSA) is 30.0 Å². The van der Waals surface area contributed by atoms with Gasteiger partial charge >= 0.3 is 0 Å². The van der Waals surface area contributed by atoms with Crippen molar-refractivity contribution in [1.29, 1.82) is 0 Å². The largest absolute Gasteiger partial charge is 0.345 e. The lowest BCUT2D eigenvalue weighted by Gasteiger charge is -2.29. The summed E-state index contributed by atoms with van der Waals surface area (Å²) in [6.07, 6.45) is 2.21. The fraction of sp³-hybridized carbons (Fsp3) is 0.947. The van der Waals surface area contributed by atoms with Crippen molar-refractivity contribution in [2.75, 3.05) is 72.5 Å². The van der Waals surface area contributed by atoms with Crippen LogP contribution in [0.15, 0.2) is 0 Å². The molecular formula is C19H42N4O. The van der Waals surface area contributed by atoms with E-state index in [1.165, 1.54) is 0 Å². The molecular weight excluding hydrogens is 300 g/mol. The predicted octanol–water partition coefficient (Wildman–Crippen LogP) is 2.23. The van der Waals surface area contributed by atoms with Gasteiger partial charge in [-0.25, -0.2) is 0 Å². The van der Waals surface area contributed by atoms with Gasteiger partial charge in [-0.15, -0.1) is 0 Å². The Bertz CT molecular complexity index is 288. The van der Waals surface area contributed by atoms with E-state index in [1.54, 1.807) is 0 Å². The first kappa shape index (κ1) is 23.4. The molecule has 0 heterocycles. The van der Waals surface area contributed by atoms with Gasteiger partial charge in [-0.3, -0.25) is 9.69 Å². The molecule has 0 bridgehead atoms. The Morgan fingerprint density at radius 3 is 1.46 bits per heavy atom. The summed E-state index contributed by atoms with van der Waals surface area (Å²) in [4.78, 5) is 21.6. The first-order chi connectivity index (χ1) is 11.5. The van der Waals surface area contributed by atoms with Crippen LogP contribution >= 0.6 is 0 Å². The van der Waals surface area contributed by atoms with Gasteiger partial charge in [0.25, 0.3) is 0 Å². The first-order valence-electron chi connectivity index (χ1n) is 9.93. The van der Waals surface area contributed by atoms with Crippen molar-refractivity contribution >= 4 is 5.91 Å². The molecule has 0 aromatic heterocycles. The number of likely N-dealkylation sites (N-methyl/N-ethyl adjacent to an activating group) is 3. The molecule has 5 heteroatoms. The number of hydrogen-bond donors (Lipinski definition) is 0. The molecule has 5 nitrogen and oxygen atoms in total. The Balaban J connectivity index is 4.56. The average Bonchev–Trinajstić information content (AvgIpc) is 2.60. The van der Waals surface area contributed by atoms with Crippen LogP contribution < -0.4 is 0 Å². The van der Waals surface area contributed by atoms with Crippen molar-refractivity contribution in [1.82, 2.24) is 19.6 Å². The van der Waals surface area contributed by atoms with Crippen LogP contribution in [-0.4, -0.2) is 98.0 Å². The predicted molar refractivity (Wildman–Crippen MR) is 105 cm³/mol.